The van der Waals surface area contributed by atoms with Gasteiger partial charge in [0.05, 0.1) is 23.7 Å². The standard InChI is InChI=1S/C23H21F6NO3S/c1-2-33-21(32)14-8-10-30(11-9-14)16-4-3-5-17(12-16)34-18-7-6-15(13-31)19(22(24,25)26)20(18)23(27,28)29/h3-7,12-14H,2,8-11H2,1H3. The van der Waals surface area contributed by atoms with Crippen molar-refractivity contribution < 1.29 is 40.7 Å². The molecule has 0 saturated carbocycles. The smallest absolute Gasteiger partial charge is 0.418 e. The maximum atomic E-state index is 13.7. The molecule has 0 aromatic heterocycles. The van der Waals surface area contributed by atoms with Gasteiger partial charge < -0.3 is 9.64 Å². The second-order valence-electron chi connectivity index (χ2n) is 7.63. The third-order valence-corrected chi connectivity index (χ3v) is 6.47. The molecule has 0 N–H and O–H groups in total. The van der Waals surface area contributed by atoms with E-state index in [1.165, 1.54) is 6.07 Å². The first-order chi connectivity index (χ1) is 16.0. The largest absolute Gasteiger partial charge is 0.466 e. The Bertz CT molecular complexity index is 1050. The number of hydrogen-bond donors (Lipinski definition) is 0. The van der Waals surface area contributed by atoms with E-state index in [0.29, 0.717) is 54.9 Å². The number of piperidine rings is 1. The van der Waals surface area contributed by atoms with Crippen molar-refractivity contribution in [2.75, 3.05) is 24.6 Å². The van der Waals surface area contributed by atoms with E-state index in [1.807, 2.05) is 4.90 Å². The maximum Gasteiger partial charge on any atom is 0.418 e. The van der Waals surface area contributed by atoms with Crippen molar-refractivity contribution in [1.82, 2.24) is 0 Å². The van der Waals surface area contributed by atoms with E-state index in [4.69, 9.17) is 4.74 Å². The lowest BCUT2D eigenvalue weighted by molar-refractivity contribution is -0.163. The minimum atomic E-state index is -5.36. The van der Waals surface area contributed by atoms with Gasteiger partial charge in [0.15, 0.2) is 6.29 Å². The van der Waals surface area contributed by atoms with Crippen LogP contribution in [-0.2, 0) is 21.9 Å². The van der Waals surface area contributed by atoms with Crippen LogP contribution in [0.5, 0.6) is 0 Å². The molecule has 0 unspecified atom stereocenters. The Morgan fingerprint density at radius 3 is 2.26 bits per heavy atom. The molecule has 2 aromatic rings. The summed E-state index contributed by atoms with van der Waals surface area (Å²) in [6, 6.07) is 8.07. The number of ether oxygens (including phenoxy) is 1. The summed E-state index contributed by atoms with van der Waals surface area (Å²) in [6.45, 7) is 3.07. The van der Waals surface area contributed by atoms with Crippen LogP contribution < -0.4 is 4.90 Å². The van der Waals surface area contributed by atoms with E-state index < -0.39 is 33.9 Å². The molecule has 184 valence electrons. The van der Waals surface area contributed by atoms with Gasteiger partial charge in [0, 0.05) is 34.1 Å². The average molecular weight is 505 g/mol. The Morgan fingerprint density at radius 2 is 1.71 bits per heavy atom. The van der Waals surface area contributed by atoms with E-state index in [2.05, 4.69) is 0 Å². The third-order valence-electron chi connectivity index (χ3n) is 5.42. The minimum Gasteiger partial charge on any atom is -0.466 e. The monoisotopic (exact) mass is 505 g/mol. The Hall–Kier alpha value is -2.69. The van der Waals surface area contributed by atoms with Crippen molar-refractivity contribution in [3.8, 4) is 0 Å². The molecule has 1 aliphatic rings. The van der Waals surface area contributed by atoms with Gasteiger partial charge in [-0.2, -0.15) is 26.3 Å². The van der Waals surface area contributed by atoms with E-state index in [0.717, 1.165) is 12.1 Å². The molecule has 1 heterocycles. The molecule has 0 radical (unpaired) electrons. The number of anilines is 1. The van der Waals surface area contributed by atoms with Crippen molar-refractivity contribution in [2.45, 2.75) is 41.9 Å². The van der Waals surface area contributed by atoms with Gasteiger partial charge in [0.2, 0.25) is 0 Å². The van der Waals surface area contributed by atoms with Crippen LogP contribution in [0.2, 0.25) is 0 Å². The number of aldehydes is 1. The molecule has 3 rings (SSSR count). The maximum absolute atomic E-state index is 13.7. The van der Waals surface area contributed by atoms with Gasteiger partial charge in [-0.1, -0.05) is 17.8 Å². The number of alkyl halides is 6. The fourth-order valence-electron chi connectivity index (χ4n) is 3.87. The second-order valence-corrected chi connectivity index (χ2v) is 8.74. The molecule has 0 spiro atoms. The number of hydrogen-bond acceptors (Lipinski definition) is 5. The Labute approximate surface area is 196 Å². The Balaban J connectivity index is 1.88. The van der Waals surface area contributed by atoms with Gasteiger partial charge in [0.25, 0.3) is 0 Å². The molecule has 0 atom stereocenters. The van der Waals surface area contributed by atoms with Crippen LogP contribution in [0.25, 0.3) is 0 Å². The zero-order chi connectivity index (χ0) is 25.1. The summed E-state index contributed by atoms with van der Waals surface area (Å²) in [5, 5.41) is 0. The van der Waals surface area contributed by atoms with Crippen molar-refractivity contribution >= 4 is 29.7 Å². The summed E-state index contributed by atoms with van der Waals surface area (Å²) >= 11 is 0.544. The zero-order valence-corrected chi connectivity index (χ0v) is 18.8. The summed E-state index contributed by atoms with van der Waals surface area (Å²) in [5.74, 6) is -0.481. The first kappa shape index (κ1) is 25.9. The van der Waals surface area contributed by atoms with Crippen LogP contribution in [0, 0.1) is 5.92 Å². The summed E-state index contributed by atoms with van der Waals surface area (Å²) in [4.78, 5) is 24.6. The van der Waals surface area contributed by atoms with Crippen LogP contribution in [0.4, 0.5) is 32.0 Å². The molecule has 0 bridgehead atoms. The predicted molar refractivity (Wildman–Crippen MR) is 114 cm³/mol. The molecule has 0 aliphatic carbocycles. The molecule has 34 heavy (non-hydrogen) atoms. The fourth-order valence-corrected chi connectivity index (χ4v) is 4.91. The van der Waals surface area contributed by atoms with Crippen LogP contribution in [0.15, 0.2) is 46.2 Å². The van der Waals surface area contributed by atoms with Crippen molar-refractivity contribution in [3.63, 3.8) is 0 Å². The fraction of sp³-hybridized carbons (Fsp3) is 0.391. The Morgan fingerprint density at radius 1 is 1.06 bits per heavy atom. The molecule has 11 heteroatoms. The second kappa shape index (κ2) is 10.3. The van der Waals surface area contributed by atoms with Crippen molar-refractivity contribution in [1.29, 1.82) is 0 Å². The number of rotatable bonds is 6. The quantitative estimate of drug-likeness (QED) is 0.256. The van der Waals surface area contributed by atoms with Gasteiger partial charge in [-0.05, 0) is 50.1 Å². The molecule has 1 aliphatic heterocycles. The highest BCUT2D eigenvalue weighted by molar-refractivity contribution is 7.99. The molecule has 1 saturated heterocycles. The number of benzene rings is 2. The molecular formula is C23H21F6NO3S. The highest BCUT2D eigenvalue weighted by Gasteiger charge is 2.46. The van der Waals surface area contributed by atoms with E-state index in [1.54, 1.807) is 25.1 Å². The number of esters is 1. The SMILES string of the molecule is CCOC(=O)C1CCN(c2cccc(Sc3ccc(C=O)c(C(F)(F)F)c3C(F)(F)F)c2)CC1. The lowest BCUT2D eigenvalue weighted by Crippen LogP contribution is -2.36. The molecule has 1 fully saturated rings. The van der Waals surface area contributed by atoms with Gasteiger partial charge in [-0.25, -0.2) is 0 Å². The predicted octanol–water partition coefficient (Wildman–Crippen LogP) is 6.47. The number of carbonyl (C=O) groups excluding carboxylic acids is 2. The normalized spacial score (nSPS) is 15.3. The number of nitrogens with zero attached hydrogens (tertiary/aromatic N) is 1. The first-order valence-electron chi connectivity index (χ1n) is 10.4. The zero-order valence-electron chi connectivity index (χ0n) is 18.0. The van der Waals surface area contributed by atoms with Crippen LogP contribution in [-0.4, -0.2) is 32.0 Å². The highest BCUT2D eigenvalue weighted by Crippen LogP contribution is 2.47. The van der Waals surface area contributed by atoms with Crippen LogP contribution in [0.1, 0.15) is 41.3 Å². The number of halogens is 6. The van der Waals surface area contributed by atoms with Crippen LogP contribution >= 0.6 is 11.8 Å². The minimum absolute atomic E-state index is 0.222. The van der Waals surface area contributed by atoms with E-state index in [-0.39, 0.29) is 18.2 Å². The molecule has 4 nitrogen and oxygen atoms in total. The van der Waals surface area contributed by atoms with Gasteiger partial charge in [-0.15, -0.1) is 0 Å². The lowest BCUT2D eigenvalue weighted by Gasteiger charge is -2.32. The lowest BCUT2D eigenvalue weighted by atomic mass is 9.96. The highest BCUT2D eigenvalue weighted by atomic mass is 32.2. The summed E-state index contributed by atoms with van der Waals surface area (Å²) in [6.07, 6.45) is -9.80. The van der Waals surface area contributed by atoms with Crippen molar-refractivity contribution in [2.24, 2.45) is 5.92 Å². The van der Waals surface area contributed by atoms with E-state index >= 15 is 0 Å². The molecule has 2 aromatic carbocycles. The third kappa shape index (κ3) is 5.86. The Kier molecular flexibility index (Phi) is 7.84. The summed E-state index contributed by atoms with van der Waals surface area (Å²) in [7, 11) is 0. The number of carbonyl (C=O) groups is 2. The molecule has 0 amide bonds. The van der Waals surface area contributed by atoms with Gasteiger partial charge in [0.1, 0.15) is 0 Å². The average Bonchev–Trinajstić information content (AvgIpc) is 2.78. The summed E-state index contributed by atoms with van der Waals surface area (Å²) in [5.41, 5.74) is -4.25. The van der Waals surface area contributed by atoms with Crippen LogP contribution in [0.3, 0.4) is 0 Å². The van der Waals surface area contributed by atoms with Gasteiger partial charge in [-0.3, -0.25) is 9.59 Å². The van der Waals surface area contributed by atoms with E-state index in [9.17, 15) is 35.9 Å². The van der Waals surface area contributed by atoms with Crippen molar-refractivity contribution in [3.05, 3.63) is 53.1 Å². The summed E-state index contributed by atoms with van der Waals surface area (Å²) < 4.78 is 86.6. The first-order valence-corrected chi connectivity index (χ1v) is 11.2. The topological polar surface area (TPSA) is 46.6 Å². The molecular weight excluding hydrogens is 484 g/mol. The van der Waals surface area contributed by atoms with Gasteiger partial charge >= 0.3 is 18.3 Å².